The van der Waals surface area contributed by atoms with Crippen molar-refractivity contribution in [3.63, 3.8) is 0 Å². The first-order valence-corrected chi connectivity index (χ1v) is 7.12. The molecule has 0 spiro atoms. The van der Waals surface area contributed by atoms with Crippen LogP contribution in [0.3, 0.4) is 0 Å². The summed E-state index contributed by atoms with van der Waals surface area (Å²) in [5.74, 6) is -0.268. The number of imidazole rings is 1. The third-order valence-electron chi connectivity index (χ3n) is 3.71. The summed E-state index contributed by atoms with van der Waals surface area (Å²) in [6.45, 7) is 0. The minimum Gasteiger partial charge on any atom is -0.295 e. The number of aromatic nitrogens is 2. The molecule has 0 aliphatic carbocycles. The number of nitrogens with one attached hydrogen (secondary N) is 1. The lowest BCUT2D eigenvalue weighted by Gasteiger charge is -2.00. The van der Waals surface area contributed by atoms with E-state index >= 15 is 0 Å². The fraction of sp³-hybridized carbons (Fsp3) is 0.118. The van der Waals surface area contributed by atoms with Crippen LogP contribution in [0.2, 0.25) is 0 Å². The molecule has 6 heteroatoms. The SMILES string of the molecule is Cn1c(=O)n(C)c2cc(/C=N\NC(=O)c3ccccc3)ccc21. The summed E-state index contributed by atoms with van der Waals surface area (Å²) >= 11 is 0. The van der Waals surface area contributed by atoms with Crippen LogP contribution in [0.25, 0.3) is 11.0 Å². The first-order chi connectivity index (χ1) is 11.1. The van der Waals surface area contributed by atoms with Crippen LogP contribution < -0.4 is 11.1 Å². The van der Waals surface area contributed by atoms with Crippen molar-refractivity contribution in [2.24, 2.45) is 19.2 Å². The zero-order chi connectivity index (χ0) is 16.4. The van der Waals surface area contributed by atoms with Gasteiger partial charge in [0.15, 0.2) is 0 Å². The Bertz CT molecular complexity index is 952. The molecule has 1 heterocycles. The number of carbonyl (C=O) groups excluding carboxylic acids is 1. The third-order valence-corrected chi connectivity index (χ3v) is 3.71. The highest BCUT2D eigenvalue weighted by Gasteiger charge is 2.07. The summed E-state index contributed by atoms with van der Waals surface area (Å²) in [7, 11) is 3.46. The number of nitrogens with zero attached hydrogens (tertiary/aromatic N) is 3. The second kappa shape index (κ2) is 5.92. The highest BCUT2D eigenvalue weighted by atomic mass is 16.2. The molecule has 1 aromatic heterocycles. The van der Waals surface area contributed by atoms with Crippen molar-refractivity contribution in [2.45, 2.75) is 0 Å². The highest BCUT2D eigenvalue weighted by molar-refractivity contribution is 5.95. The van der Waals surface area contributed by atoms with Crippen molar-refractivity contribution >= 4 is 23.2 Å². The molecule has 0 fully saturated rings. The molecule has 3 rings (SSSR count). The van der Waals surface area contributed by atoms with Crippen molar-refractivity contribution in [1.29, 1.82) is 0 Å². The van der Waals surface area contributed by atoms with Gasteiger partial charge in [-0.3, -0.25) is 13.9 Å². The Morgan fingerprint density at radius 1 is 1.04 bits per heavy atom. The summed E-state index contributed by atoms with van der Waals surface area (Å²) in [5.41, 5.74) is 5.42. The second-order valence-electron chi connectivity index (χ2n) is 5.21. The molecule has 3 aromatic rings. The van der Waals surface area contributed by atoms with E-state index in [0.29, 0.717) is 5.56 Å². The van der Waals surface area contributed by atoms with E-state index in [4.69, 9.17) is 0 Å². The lowest BCUT2D eigenvalue weighted by Crippen LogP contribution is -2.19. The molecular formula is C17H16N4O2. The Morgan fingerprint density at radius 2 is 1.74 bits per heavy atom. The average molecular weight is 308 g/mol. The lowest BCUT2D eigenvalue weighted by molar-refractivity contribution is 0.0955. The van der Waals surface area contributed by atoms with Gasteiger partial charge in [0.05, 0.1) is 17.2 Å². The molecular weight excluding hydrogens is 292 g/mol. The van der Waals surface area contributed by atoms with Crippen LogP contribution in [0.15, 0.2) is 58.4 Å². The van der Waals surface area contributed by atoms with Gasteiger partial charge < -0.3 is 0 Å². The van der Waals surface area contributed by atoms with E-state index in [0.717, 1.165) is 16.6 Å². The van der Waals surface area contributed by atoms with Crippen molar-refractivity contribution in [2.75, 3.05) is 0 Å². The Hall–Kier alpha value is -3.15. The van der Waals surface area contributed by atoms with Crippen LogP contribution >= 0.6 is 0 Å². The molecule has 6 nitrogen and oxygen atoms in total. The number of aryl methyl sites for hydroxylation is 2. The number of rotatable bonds is 3. The predicted molar refractivity (Wildman–Crippen MR) is 89.7 cm³/mol. The monoisotopic (exact) mass is 308 g/mol. The lowest BCUT2D eigenvalue weighted by atomic mass is 10.2. The Balaban J connectivity index is 1.80. The number of amides is 1. The fourth-order valence-corrected chi connectivity index (χ4v) is 2.42. The number of hydrogen-bond acceptors (Lipinski definition) is 3. The van der Waals surface area contributed by atoms with E-state index < -0.39 is 0 Å². The number of carbonyl (C=O) groups is 1. The van der Waals surface area contributed by atoms with Gasteiger partial charge >= 0.3 is 5.69 Å². The van der Waals surface area contributed by atoms with Crippen LogP contribution in [-0.2, 0) is 14.1 Å². The van der Waals surface area contributed by atoms with E-state index in [1.165, 1.54) is 0 Å². The number of fused-ring (bicyclic) bond motifs is 1. The van der Waals surface area contributed by atoms with Gasteiger partial charge in [0, 0.05) is 19.7 Å². The Morgan fingerprint density at radius 3 is 2.48 bits per heavy atom. The first kappa shape index (κ1) is 14.8. The van der Waals surface area contributed by atoms with Crippen LogP contribution in [0, 0.1) is 0 Å². The molecule has 23 heavy (non-hydrogen) atoms. The van der Waals surface area contributed by atoms with Gasteiger partial charge in [0.2, 0.25) is 0 Å². The van der Waals surface area contributed by atoms with Gasteiger partial charge in [-0.1, -0.05) is 24.3 Å². The van der Waals surface area contributed by atoms with Crippen molar-refractivity contribution < 1.29 is 4.79 Å². The molecule has 116 valence electrons. The van der Waals surface area contributed by atoms with E-state index in [1.807, 2.05) is 24.3 Å². The quantitative estimate of drug-likeness (QED) is 0.590. The zero-order valence-corrected chi connectivity index (χ0v) is 12.9. The van der Waals surface area contributed by atoms with Gasteiger partial charge in [-0.05, 0) is 29.8 Å². The van der Waals surface area contributed by atoms with E-state index in [-0.39, 0.29) is 11.6 Å². The maximum atomic E-state index is 11.9. The number of hydrogen-bond donors (Lipinski definition) is 1. The maximum absolute atomic E-state index is 11.9. The first-order valence-electron chi connectivity index (χ1n) is 7.12. The zero-order valence-electron chi connectivity index (χ0n) is 12.9. The smallest absolute Gasteiger partial charge is 0.295 e. The van der Waals surface area contributed by atoms with Crippen LogP contribution in [0.1, 0.15) is 15.9 Å². The molecule has 1 amide bonds. The number of hydrazone groups is 1. The van der Waals surface area contributed by atoms with E-state index in [2.05, 4.69) is 10.5 Å². The standard InChI is InChI=1S/C17H16N4O2/c1-20-14-9-8-12(10-15(14)21(2)17(20)23)11-18-19-16(22)13-6-4-3-5-7-13/h3-11H,1-2H3,(H,19,22)/b18-11-. The topological polar surface area (TPSA) is 68.4 Å². The largest absolute Gasteiger partial charge is 0.328 e. The second-order valence-corrected chi connectivity index (χ2v) is 5.21. The minimum atomic E-state index is -0.268. The highest BCUT2D eigenvalue weighted by Crippen LogP contribution is 2.12. The number of benzene rings is 2. The predicted octanol–water partition coefficient (Wildman–Crippen LogP) is 1.64. The normalized spacial score (nSPS) is 11.2. The Labute approximate surface area is 132 Å². The summed E-state index contributed by atoms with van der Waals surface area (Å²) in [4.78, 5) is 23.8. The molecule has 0 aliphatic heterocycles. The van der Waals surface area contributed by atoms with Crippen molar-refractivity contribution in [3.8, 4) is 0 Å². The van der Waals surface area contributed by atoms with Crippen LogP contribution in [-0.4, -0.2) is 21.3 Å². The molecule has 0 saturated heterocycles. The molecule has 0 saturated carbocycles. The minimum absolute atomic E-state index is 0.0773. The van der Waals surface area contributed by atoms with Crippen molar-refractivity contribution in [1.82, 2.24) is 14.6 Å². The van der Waals surface area contributed by atoms with Crippen molar-refractivity contribution in [3.05, 3.63) is 70.1 Å². The third kappa shape index (κ3) is 2.78. The molecule has 0 unspecified atom stereocenters. The molecule has 0 radical (unpaired) electrons. The van der Waals surface area contributed by atoms with Gasteiger partial charge in [-0.2, -0.15) is 5.10 Å². The van der Waals surface area contributed by atoms with Crippen LogP contribution in [0.4, 0.5) is 0 Å². The molecule has 1 N–H and O–H groups in total. The summed E-state index contributed by atoms with van der Waals surface area (Å²) in [5, 5.41) is 3.96. The van der Waals surface area contributed by atoms with Crippen LogP contribution in [0.5, 0.6) is 0 Å². The van der Waals surface area contributed by atoms with Gasteiger partial charge in [0.25, 0.3) is 5.91 Å². The maximum Gasteiger partial charge on any atom is 0.328 e. The molecule has 0 aliphatic rings. The average Bonchev–Trinajstić information content (AvgIpc) is 2.80. The van der Waals surface area contributed by atoms with E-state index in [1.54, 1.807) is 53.7 Å². The van der Waals surface area contributed by atoms with Gasteiger partial charge in [-0.25, -0.2) is 10.2 Å². The van der Waals surface area contributed by atoms with E-state index in [9.17, 15) is 9.59 Å². The van der Waals surface area contributed by atoms with Gasteiger partial charge in [-0.15, -0.1) is 0 Å². The molecule has 2 aromatic carbocycles. The van der Waals surface area contributed by atoms with Gasteiger partial charge in [0.1, 0.15) is 0 Å². The fourth-order valence-electron chi connectivity index (χ4n) is 2.42. The molecule has 0 atom stereocenters. The summed E-state index contributed by atoms with van der Waals surface area (Å²) in [6, 6.07) is 14.4. The Kier molecular flexibility index (Phi) is 3.80. The summed E-state index contributed by atoms with van der Waals surface area (Å²) in [6.07, 6.45) is 1.55. The molecule has 0 bridgehead atoms. The summed E-state index contributed by atoms with van der Waals surface area (Å²) < 4.78 is 3.17.